The van der Waals surface area contributed by atoms with Crippen molar-refractivity contribution in [2.75, 3.05) is 136 Å². The van der Waals surface area contributed by atoms with Gasteiger partial charge in [0.1, 0.15) is 53.5 Å². The van der Waals surface area contributed by atoms with Crippen LogP contribution in [0.2, 0.25) is 0 Å². The summed E-state index contributed by atoms with van der Waals surface area (Å²) in [5, 5.41) is 0. The van der Waals surface area contributed by atoms with Crippen molar-refractivity contribution in [2.24, 2.45) is 27.1 Å². The molecule has 0 radical (unpaired) electrons. The molecule has 0 aromatic rings. The summed E-state index contributed by atoms with van der Waals surface area (Å²) in [4.78, 5) is 54.0. The van der Waals surface area contributed by atoms with E-state index in [0.717, 1.165) is 0 Å². The standard InChI is InChI=1S/C33H60O16/c1-29(13-38-5,14-39-6)25(34)46-21-33(22-47-26(35)30(2,15-40-7)16-41-8,23-48-27(36)31(3,17-42-9)18-43-10)24-49-28(37)32(4,19-44-11)20-45-12/h13-24H2,1-12H3. The first-order valence-electron chi connectivity index (χ1n) is 15.6. The van der Waals surface area contributed by atoms with Crippen LogP contribution in [0.5, 0.6) is 0 Å². The van der Waals surface area contributed by atoms with Gasteiger partial charge in [0.25, 0.3) is 0 Å². The Hall–Kier alpha value is -2.44. The molecule has 0 fully saturated rings. The van der Waals surface area contributed by atoms with E-state index in [-0.39, 0.29) is 52.9 Å². The van der Waals surface area contributed by atoms with E-state index in [2.05, 4.69) is 0 Å². The molecule has 0 saturated carbocycles. The fourth-order valence-electron chi connectivity index (χ4n) is 5.01. The van der Waals surface area contributed by atoms with Gasteiger partial charge in [-0.2, -0.15) is 0 Å². The smallest absolute Gasteiger partial charge is 0.316 e. The van der Waals surface area contributed by atoms with Crippen LogP contribution >= 0.6 is 0 Å². The summed E-state index contributed by atoms with van der Waals surface area (Å²) in [5.41, 5.74) is -6.57. The van der Waals surface area contributed by atoms with Gasteiger partial charge in [-0.1, -0.05) is 0 Å². The van der Waals surface area contributed by atoms with Gasteiger partial charge in [-0.05, 0) is 27.7 Å². The van der Waals surface area contributed by atoms with Gasteiger partial charge in [-0.25, -0.2) is 0 Å². The van der Waals surface area contributed by atoms with Crippen LogP contribution in [0.15, 0.2) is 0 Å². The minimum absolute atomic E-state index is 0.0448. The maximum Gasteiger partial charge on any atom is 0.316 e. The molecule has 0 aromatic heterocycles. The maximum atomic E-state index is 13.5. The molecule has 0 spiro atoms. The van der Waals surface area contributed by atoms with E-state index in [1.807, 2.05) is 0 Å². The Kier molecular flexibility index (Phi) is 21.3. The lowest BCUT2D eigenvalue weighted by Crippen LogP contribution is -2.50. The Morgan fingerprint density at radius 3 is 0.571 bits per heavy atom. The minimum atomic E-state index is -1.62. The number of hydrogen-bond acceptors (Lipinski definition) is 16. The largest absolute Gasteiger partial charge is 0.464 e. The average Bonchev–Trinajstić information content (AvgIpc) is 3.04. The van der Waals surface area contributed by atoms with Crippen LogP contribution in [-0.2, 0) is 76.0 Å². The molecule has 0 atom stereocenters. The zero-order chi connectivity index (χ0) is 37.8. The molecule has 16 nitrogen and oxygen atoms in total. The first-order valence-corrected chi connectivity index (χ1v) is 15.6. The highest BCUT2D eigenvalue weighted by atomic mass is 16.6. The topological polar surface area (TPSA) is 179 Å². The summed E-state index contributed by atoms with van der Waals surface area (Å²) in [7, 11) is 11.4. The van der Waals surface area contributed by atoms with Gasteiger partial charge in [0, 0.05) is 56.9 Å². The zero-order valence-electron chi connectivity index (χ0n) is 31.5. The SMILES string of the molecule is COCC(C)(COC)C(=O)OCC(COC(=O)C(C)(COC)COC)(COC(=O)C(C)(COC)COC)COC(=O)C(C)(COC)COC. The van der Waals surface area contributed by atoms with Crippen LogP contribution in [0.25, 0.3) is 0 Å². The van der Waals surface area contributed by atoms with Gasteiger partial charge in [0.15, 0.2) is 0 Å². The second-order valence-corrected chi connectivity index (χ2v) is 13.5. The van der Waals surface area contributed by atoms with E-state index in [9.17, 15) is 19.2 Å². The van der Waals surface area contributed by atoms with Crippen molar-refractivity contribution >= 4 is 23.9 Å². The van der Waals surface area contributed by atoms with Crippen LogP contribution in [0.4, 0.5) is 0 Å². The Balaban J connectivity index is 6.95. The third-order valence-electron chi connectivity index (χ3n) is 7.71. The number of carbonyl (C=O) groups excluding carboxylic acids is 4. The minimum Gasteiger partial charge on any atom is -0.464 e. The van der Waals surface area contributed by atoms with Crippen molar-refractivity contribution in [3.8, 4) is 0 Å². The zero-order valence-corrected chi connectivity index (χ0v) is 31.5. The van der Waals surface area contributed by atoms with Gasteiger partial charge in [-0.15, -0.1) is 0 Å². The Morgan fingerprint density at radius 1 is 0.306 bits per heavy atom. The summed E-state index contributed by atoms with van der Waals surface area (Å²) in [6, 6.07) is 0. The van der Waals surface area contributed by atoms with Crippen molar-refractivity contribution in [1.82, 2.24) is 0 Å². The number of esters is 4. The van der Waals surface area contributed by atoms with Crippen LogP contribution in [0.3, 0.4) is 0 Å². The highest BCUT2D eigenvalue weighted by Crippen LogP contribution is 2.30. The Bertz CT molecular complexity index is 818. The molecular formula is C33H60O16. The molecule has 0 aliphatic rings. The molecule has 288 valence electrons. The van der Waals surface area contributed by atoms with Crippen molar-refractivity contribution < 1.29 is 76.0 Å². The predicted octanol–water partition coefficient (Wildman–Crippen LogP) is 1.34. The molecule has 0 bridgehead atoms. The highest BCUT2D eigenvalue weighted by Gasteiger charge is 2.46. The van der Waals surface area contributed by atoms with E-state index in [1.165, 1.54) is 56.9 Å². The lowest BCUT2D eigenvalue weighted by atomic mass is 9.88. The van der Waals surface area contributed by atoms with Crippen molar-refractivity contribution in [3.63, 3.8) is 0 Å². The quantitative estimate of drug-likeness (QED) is 0.0837. The maximum absolute atomic E-state index is 13.5. The third kappa shape index (κ3) is 14.4. The lowest BCUT2D eigenvalue weighted by Gasteiger charge is -2.36. The molecule has 0 aliphatic carbocycles. The number of hydrogen-bond donors (Lipinski definition) is 0. The fraction of sp³-hybridized carbons (Fsp3) is 0.879. The number of carbonyl (C=O) groups is 4. The summed E-state index contributed by atoms with van der Waals surface area (Å²) < 4.78 is 65.1. The molecule has 0 unspecified atom stereocenters. The number of methoxy groups -OCH3 is 8. The number of rotatable bonds is 28. The monoisotopic (exact) mass is 712 g/mol. The predicted molar refractivity (Wildman–Crippen MR) is 174 cm³/mol. The fourth-order valence-corrected chi connectivity index (χ4v) is 5.01. The molecule has 0 rings (SSSR count). The van der Waals surface area contributed by atoms with Crippen LogP contribution in [-0.4, -0.2) is 160 Å². The van der Waals surface area contributed by atoms with Crippen LogP contribution in [0.1, 0.15) is 27.7 Å². The lowest BCUT2D eigenvalue weighted by molar-refractivity contribution is -0.189. The average molecular weight is 713 g/mol. The first kappa shape index (κ1) is 46.6. The van der Waals surface area contributed by atoms with Gasteiger partial charge in [0.2, 0.25) is 0 Å². The third-order valence-corrected chi connectivity index (χ3v) is 7.71. The van der Waals surface area contributed by atoms with Crippen molar-refractivity contribution in [2.45, 2.75) is 27.7 Å². The summed E-state index contributed by atoms with van der Waals surface area (Å²) in [5.74, 6) is -2.89. The van der Waals surface area contributed by atoms with Gasteiger partial charge in [-0.3, -0.25) is 19.2 Å². The molecule has 49 heavy (non-hydrogen) atoms. The molecule has 0 heterocycles. The molecule has 0 saturated heterocycles. The molecule has 16 heteroatoms. The Labute approximate surface area is 290 Å². The second kappa shape index (κ2) is 22.4. The molecule has 0 aromatic carbocycles. The van der Waals surface area contributed by atoms with E-state index >= 15 is 0 Å². The summed E-state index contributed by atoms with van der Waals surface area (Å²) in [6.45, 7) is 3.91. The summed E-state index contributed by atoms with van der Waals surface area (Å²) in [6.07, 6.45) is 0. The van der Waals surface area contributed by atoms with Gasteiger partial charge in [0.05, 0.1) is 52.9 Å². The second-order valence-electron chi connectivity index (χ2n) is 13.5. The van der Waals surface area contributed by atoms with Crippen LogP contribution in [0, 0.1) is 27.1 Å². The van der Waals surface area contributed by atoms with E-state index < -0.39 is 77.4 Å². The van der Waals surface area contributed by atoms with Gasteiger partial charge >= 0.3 is 23.9 Å². The highest BCUT2D eigenvalue weighted by molar-refractivity contribution is 5.78. The van der Waals surface area contributed by atoms with E-state index in [1.54, 1.807) is 27.7 Å². The first-order chi connectivity index (χ1) is 23.0. The van der Waals surface area contributed by atoms with Crippen molar-refractivity contribution in [1.29, 1.82) is 0 Å². The number of ether oxygens (including phenoxy) is 12. The van der Waals surface area contributed by atoms with Gasteiger partial charge < -0.3 is 56.8 Å². The summed E-state index contributed by atoms with van der Waals surface area (Å²) >= 11 is 0. The Morgan fingerprint density at radius 2 is 0.449 bits per heavy atom. The normalized spacial score (nSPS) is 12.8. The van der Waals surface area contributed by atoms with E-state index in [4.69, 9.17) is 56.8 Å². The van der Waals surface area contributed by atoms with Crippen LogP contribution < -0.4 is 0 Å². The van der Waals surface area contributed by atoms with E-state index in [0.29, 0.717) is 0 Å². The van der Waals surface area contributed by atoms with Crippen molar-refractivity contribution in [3.05, 3.63) is 0 Å². The molecule has 0 amide bonds. The molecule has 0 N–H and O–H groups in total. The molecule has 0 aliphatic heterocycles. The molecular weight excluding hydrogens is 652 g/mol.